The fourth-order valence-electron chi connectivity index (χ4n) is 2.89. The van der Waals surface area contributed by atoms with Crippen LogP contribution in [0.5, 0.6) is 11.5 Å². The largest absolute Gasteiger partial charge is 0.497 e. The van der Waals surface area contributed by atoms with E-state index in [0.29, 0.717) is 17.2 Å². The number of amides is 1. The molecule has 0 bridgehead atoms. The Morgan fingerprint density at radius 2 is 1.93 bits per heavy atom. The molecule has 1 atom stereocenters. The van der Waals surface area contributed by atoms with Crippen LogP contribution in [0.2, 0.25) is 0 Å². The number of hydrogen-bond acceptors (Lipinski definition) is 5. The van der Waals surface area contributed by atoms with Gasteiger partial charge in [0, 0.05) is 11.5 Å². The van der Waals surface area contributed by atoms with E-state index in [1.807, 2.05) is 49.2 Å². The number of para-hydroxylation sites is 1. The Balaban J connectivity index is 1.68. The molecule has 0 spiro atoms. The second kappa shape index (κ2) is 8.14. The van der Waals surface area contributed by atoms with Crippen molar-refractivity contribution in [3.63, 3.8) is 0 Å². The highest BCUT2D eigenvalue weighted by Gasteiger charge is 2.19. The molecule has 0 saturated carbocycles. The molecule has 6 nitrogen and oxygen atoms in total. The maximum absolute atomic E-state index is 12.5. The molecular formula is C21H24N2O4. The predicted octanol–water partition coefficient (Wildman–Crippen LogP) is 4.08. The first-order chi connectivity index (χ1) is 13.0. The van der Waals surface area contributed by atoms with E-state index in [1.54, 1.807) is 32.4 Å². The Morgan fingerprint density at radius 1 is 1.15 bits per heavy atom. The summed E-state index contributed by atoms with van der Waals surface area (Å²) in [7, 11) is 5.03. The summed E-state index contributed by atoms with van der Waals surface area (Å²) in [5, 5.41) is 3.94. The van der Waals surface area contributed by atoms with Gasteiger partial charge in [0.05, 0.1) is 32.5 Å². The van der Waals surface area contributed by atoms with Gasteiger partial charge in [-0.25, -0.2) is 0 Å². The van der Waals surface area contributed by atoms with E-state index in [9.17, 15) is 4.79 Å². The van der Waals surface area contributed by atoms with Crippen LogP contribution in [0, 0.1) is 0 Å². The van der Waals surface area contributed by atoms with Crippen molar-refractivity contribution in [1.82, 2.24) is 4.90 Å². The number of benzene rings is 2. The van der Waals surface area contributed by atoms with E-state index in [4.69, 9.17) is 13.9 Å². The van der Waals surface area contributed by atoms with Gasteiger partial charge in [0.1, 0.15) is 22.8 Å². The number of carbonyl (C=O) groups excluding carboxylic acids is 1. The maximum atomic E-state index is 12.5. The Kier molecular flexibility index (Phi) is 5.66. The summed E-state index contributed by atoms with van der Waals surface area (Å²) < 4.78 is 16.4. The fourth-order valence-corrected chi connectivity index (χ4v) is 2.89. The molecule has 0 aliphatic carbocycles. The number of nitrogens with zero attached hydrogens (tertiary/aromatic N) is 1. The number of anilines is 1. The molecule has 1 aromatic heterocycles. The molecule has 0 fully saturated rings. The zero-order chi connectivity index (χ0) is 19.4. The number of ether oxygens (including phenoxy) is 2. The van der Waals surface area contributed by atoms with Crippen LogP contribution >= 0.6 is 0 Å². The predicted molar refractivity (Wildman–Crippen MR) is 105 cm³/mol. The van der Waals surface area contributed by atoms with Crippen LogP contribution in [0.3, 0.4) is 0 Å². The van der Waals surface area contributed by atoms with Crippen molar-refractivity contribution in [1.29, 1.82) is 0 Å². The van der Waals surface area contributed by atoms with Crippen molar-refractivity contribution in [2.75, 3.05) is 33.1 Å². The van der Waals surface area contributed by atoms with Gasteiger partial charge in [0.25, 0.3) is 0 Å². The SMILES string of the molecule is COc1ccc(OC)c(NC(=O)CN(C)C(C)c2cc3ccccc3o2)c1. The molecule has 142 valence electrons. The summed E-state index contributed by atoms with van der Waals surface area (Å²) in [6, 6.07) is 15.1. The number of rotatable bonds is 7. The first-order valence-electron chi connectivity index (χ1n) is 8.72. The number of likely N-dealkylation sites (N-methyl/N-ethyl adjacent to an activating group) is 1. The Morgan fingerprint density at radius 3 is 2.63 bits per heavy atom. The summed E-state index contributed by atoms with van der Waals surface area (Å²) in [6.07, 6.45) is 0. The molecule has 1 amide bonds. The lowest BCUT2D eigenvalue weighted by Crippen LogP contribution is -2.32. The second-order valence-electron chi connectivity index (χ2n) is 6.39. The molecule has 6 heteroatoms. The van der Waals surface area contributed by atoms with Crippen molar-refractivity contribution in [3.8, 4) is 11.5 Å². The maximum Gasteiger partial charge on any atom is 0.238 e. The zero-order valence-corrected chi connectivity index (χ0v) is 16.0. The normalized spacial score (nSPS) is 12.2. The third-order valence-electron chi connectivity index (χ3n) is 4.59. The molecule has 0 aliphatic heterocycles. The van der Waals surface area contributed by atoms with E-state index < -0.39 is 0 Å². The Bertz CT molecular complexity index is 902. The molecule has 1 N–H and O–H groups in total. The number of methoxy groups -OCH3 is 2. The lowest BCUT2D eigenvalue weighted by atomic mass is 10.2. The lowest BCUT2D eigenvalue weighted by molar-refractivity contribution is -0.117. The van der Waals surface area contributed by atoms with E-state index >= 15 is 0 Å². The van der Waals surface area contributed by atoms with Crippen molar-refractivity contribution in [2.45, 2.75) is 13.0 Å². The van der Waals surface area contributed by atoms with Gasteiger partial charge in [-0.3, -0.25) is 9.69 Å². The first kappa shape index (κ1) is 18.8. The van der Waals surface area contributed by atoms with Gasteiger partial charge in [-0.1, -0.05) is 18.2 Å². The minimum Gasteiger partial charge on any atom is -0.497 e. The number of fused-ring (bicyclic) bond motifs is 1. The minimum absolute atomic E-state index is 0.0460. The molecular weight excluding hydrogens is 344 g/mol. The lowest BCUT2D eigenvalue weighted by Gasteiger charge is -2.22. The summed E-state index contributed by atoms with van der Waals surface area (Å²) in [5.74, 6) is 1.91. The molecule has 0 aliphatic rings. The third-order valence-corrected chi connectivity index (χ3v) is 4.59. The Hall–Kier alpha value is -2.99. The summed E-state index contributed by atoms with van der Waals surface area (Å²) in [5.41, 5.74) is 1.42. The summed E-state index contributed by atoms with van der Waals surface area (Å²) in [6.45, 7) is 2.22. The molecule has 1 heterocycles. The van der Waals surface area contributed by atoms with Gasteiger partial charge in [0.2, 0.25) is 5.91 Å². The minimum atomic E-state index is -0.146. The van der Waals surface area contributed by atoms with E-state index in [0.717, 1.165) is 16.7 Å². The van der Waals surface area contributed by atoms with Crippen LogP contribution in [-0.4, -0.2) is 38.6 Å². The number of hydrogen-bond donors (Lipinski definition) is 1. The van der Waals surface area contributed by atoms with E-state index in [-0.39, 0.29) is 18.5 Å². The highest BCUT2D eigenvalue weighted by Crippen LogP contribution is 2.29. The first-order valence-corrected chi connectivity index (χ1v) is 8.72. The van der Waals surface area contributed by atoms with Crippen molar-refractivity contribution in [3.05, 3.63) is 54.3 Å². The third kappa shape index (κ3) is 4.23. The molecule has 3 aromatic rings. The van der Waals surface area contributed by atoms with Crippen LogP contribution in [0.15, 0.2) is 52.9 Å². The number of furan rings is 1. The zero-order valence-electron chi connectivity index (χ0n) is 16.0. The fraction of sp³-hybridized carbons (Fsp3) is 0.286. The molecule has 0 radical (unpaired) electrons. The van der Waals surface area contributed by atoms with Crippen LogP contribution < -0.4 is 14.8 Å². The smallest absolute Gasteiger partial charge is 0.238 e. The van der Waals surface area contributed by atoms with Gasteiger partial charge in [0.15, 0.2) is 0 Å². The van der Waals surface area contributed by atoms with Crippen molar-refractivity contribution >= 4 is 22.6 Å². The highest BCUT2D eigenvalue weighted by atomic mass is 16.5. The summed E-state index contributed by atoms with van der Waals surface area (Å²) >= 11 is 0. The van der Waals surface area contributed by atoms with Gasteiger partial charge in [-0.05, 0) is 38.2 Å². The van der Waals surface area contributed by atoms with Crippen LogP contribution in [0.1, 0.15) is 18.7 Å². The summed E-state index contributed by atoms with van der Waals surface area (Å²) in [4.78, 5) is 14.4. The standard InChI is InChI=1S/C21H24N2O4/c1-14(20-11-15-7-5-6-8-18(15)27-20)23(2)13-21(24)22-17-12-16(25-3)9-10-19(17)26-4/h5-12,14H,13H2,1-4H3,(H,22,24). The average molecular weight is 368 g/mol. The number of nitrogens with one attached hydrogen (secondary N) is 1. The van der Waals surface area contributed by atoms with Gasteiger partial charge >= 0.3 is 0 Å². The molecule has 0 saturated heterocycles. The molecule has 27 heavy (non-hydrogen) atoms. The monoisotopic (exact) mass is 368 g/mol. The molecule has 3 rings (SSSR count). The van der Waals surface area contributed by atoms with Gasteiger partial charge in [-0.2, -0.15) is 0 Å². The van der Waals surface area contributed by atoms with E-state index in [1.165, 1.54) is 0 Å². The quantitative estimate of drug-likeness (QED) is 0.681. The highest BCUT2D eigenvalue weighted by molar-refractivity contribution is 5.94. The second-order valence-corrected chi connectivity index (χ2v) is 6.39. The van der Waals surface area contributed by atoms with Crippen molar-refractivity contribution < 1.29 is 18.7 Å². The number of carbonyl (C=O) groups is 1. The topological polar surface area (TPSA) is 63.9 Å². The Labute approximate surface area is 158 Å². The van der Waals surface area contributed by atoms with Crippen molar-refractivity contribution in [2.24, 2.45) is 0 Å². The van der Waals surface area contributed by atoms with Crippen LogP contribution in [-0.2, 0) is 4.79 Å². The average Bonchev–Trinajstić information content (AvgIpc) is 3.11. The molecule has 2 aromatic carbocycles. The van der Waals surface area contributed by atoms with Crippen LogP contribution in [0.25, 0.3) is 11.0 Å². The van der Waals surface area contributed by atoms with Gasteiger partial charge < -0.3 is 19.2 Å². The van der Waals surface area contributed by atoms with E-state index in [2.05, 4.69) is 5.32 Å². The van der Waals surface area contributed by atoms with Crippen LogP contribution in [0.4, 0.5) is 5.69 Å². The van der Waals surface area contributed by atoms with Gasteiger partial charge in [-0.15, -0.1) is 0 Å². The molecule has 1 unspecified atom stereocenters.